The molecule has 0 aromatic heterocycles. The molecule has 0 fully saturated rings. The molecule has 0 radical (unpaired) electrons. The van der Waals surface area contributed by atoms with Gasteiger partial charge in [0.2, 0.25) is 5.91 Å². The van der Waals surface area contributed by atoms with Crippen molar-refractivity contribution in [1.82, 2.24) is 10.2 Å². The lowest BCUT2D eigenvalue weighted by molar-refractivity contribution is -0.116. The van der Waals surface area contributed by atoms with Crippen LogP contribution in [0.2, 0.25) is 0 Å². The predicted octanol–water partition coefficient (Wildman–Crippen LogP) is 2.89. The van der Waals surface area contributed by atoms with Gasteiger partial charge in [0.05, 0.1) is 19.2 Å². The first kappa shape index (κ1) is 19.9. The Morgan fingerprint density at radius 2 is 1.92 bits per heavy atom. The summed E-state index contributed by atoms with van der Waals surface area (Å²) in [7, 11) is 5.20. The first-order chi connectivity index (χ1) is 12.4. The van der Waals surface area contributed by atoms with Crippen molar-refractivity contribution in [3.8, 4) is 5.75 Å². The largest absolute Gasteiger partial charge is 0.496 e. The molecule has 26 heavy (non-hydrogen) atoms. The molecular formula is C19H22BrN3O3. The quantitative estimate of drug-likeness (QED) is 0.723. The van der Waals surface area contributed by atoms with Gasteiger partial charge in [-0.3, -0.25) is 9.59 Å². The Morgan fingerprint density at radius 3 is 2.62 bits per heavy atom. The topological polar surface area (TPSA) is 70.7 Å². The van der Waals surface area contributed by atoms with E-state index in [1.54, 1.807) is 23.1 Å². The highest BCUT2D eigenvalue weighted by molar-refractivity contribution is 9.10. The van der Waals surface area contributed by atoms with Gasteiger partial charge in [-0.25, -0.2) is 0 Å². The van der Waals surface area contributed by atoms with E-state index in [0.717, 1.165) is 10.0 Å². The number of rotatable bonds is 7. The number of nitrogens with zero attached hydrogens (tertiary/aromatic N) is 1. The number of ether oxygens (including phenoxy) is 1. The van der Waals surface area contributed by atoms with Crippen molar-refractivity contribution in [2.75, 3.05) is 33.1 Å². The number of methoxy groups -OCH3 is 1. The van der Waals surface area contributed by atoms with Crippen LogP contribution < -0.4 is 15.4 Å². The third kappa shape index (κ3) is 5.86. The first-order valence-electron chi connectivity index (χ1n) is 8.04. The molecule has 0 unspecified atom stereocenters. The summed E-state index contributed by atoms with van der Waals surface area (Å²) in [6.45, 7) is 0.653. The molecule has 0 spiro atoms. The maximum absolute atomic E-state index is 12.4. The normalized spacial score (nSPS) is 10.5. The lowest BCUT2D eigenvalue weighted by atomic mass is 10.1. The summed E-state index contributed by atoms with van der Waals surface area (Å²) < 4.78 is 6.09. The number of halogens is 1. The van der Waals surface area contributed by atoms with Crippen LogP contribution in [0.1, 0.15) is 15.9 Å². The Hall–Kier alpha value is -2.38. The summed E-state index contributed by atoms with van der Waals surface area (Å²) in [6, 6.07) is 12.6. The summed E-state index contributed by atoms with van der Waals surface area (Å²) in [5.41, 5.74) is 2.05. The number of likely N-dealkylation sites (N-methyl/N-ethyl adjacent to an activating group) is 1. The van der Waals surface area contributed by atoms with E-state index < -0.39 is 0 Å². The van der Waals surface area contributed by atoms with Gasteiger partial charge >= 0.3 is 0 Å². The number of anilines is 1. The molecule has 0 aliphatic heterocycles. The Labute approximate surface area is 161 Å². The number of benzene rings is 2. The molecule has 0 aliphatic rings. The van der Waals surface area contributed by atoms with E-state index in [2.05, 4.69) is 26.6 Å². The third-order valence-corrected chi connectivity index (χ3v) is 4.03. The van der Waals surface area contributed by atoms with Gasteiger partial charge in [-0.1, -0.05) is 28.1 Å². The minimum Gasteiger partial charge on any atom is -0.496 e. The molecule has 6 nitrogen and oxygen atoms in total. The van der Waals surface area contributed by atoms with E-state index in [4.69, 9.17) is 4.74 Å². The molecule has 2 aromatic rings. The molecule has 7 heteroatoms. The highest BCUT2D eigenvalue weighted by Crippen LogP contribution is 2.23. The van der Waals surface area contributed by atoms with Gasteiger partial charge in [-0.2, -0.15) is 0 Å². The Kier molecular flexibility index (Phi) is 7.17. The maximum Gasteiger partial charge on any atom is 0.255 e. The standard InChI is InChI=1S/C19H22BrN3O3/c1-23(2)12-18(24)22-15-6-4-5-13(9-15)11-21-19(25)16-8-7-14(20)10-17(16)26-3/h4-10H,11-12H2,1-3H3,(H,21,25)(H,22,24). The maximum atomic E-state index is 12.4. The Bertz CT molecular complexity index is 793. The average molecular weight is 420 g/mol. The van der Waals surface area contributed by atoms with E-state index in [9.17, 15) is 9.59 Å². The minimum absolute atomic E-state index is 0.0872. The van der Waals surface area contributed by atoms with Crippen LogP contribution in [0.25, 0.3) is 0 Å². The van der Waals surface area contributed by atoms with Gasteiger partial charge in [0, 0.05) is 16.7 Å². The molecular weight excluding hydrogens is 398 g/mol. The average Bonchev–Trinajstić information content (AvgIpc) is 2.59. The van der Waals surface area contributed by atoms with E-state index in [1.807, 2.05) is 38.4 Å². The molecule has 138 valence electrons. The van der Waals surface area contributed by atoms with E-state index in [-0.39, 0.29) is 11.8 Å². The summed E-state index contributed by atoms with van der Waals surface area (Å²) in [4.78, 5) is 26.1. The number of amides is 2. The number of hydrogen-bond donors (Lipinski definition) is 2. The lowest BCUT2D eigenvalue weighted by Gasteiger charge is -2.12. The fraction of sp³-hybridized carbons (Fsp3) is 0.263. The molecule has 0 heterocycles. The highest BCUT2D eigenvalue weighted by Gasteiger charge is 2.12. The van der Waals surface area contributed by atoms with Crippen LogP contribution in [0.5, 0.6) is 5.75 Å². The van der Waals surface area contributed by atoms with Gasteiger partial charge in [0.15, 0.2) is 0 Å². The number of carbonyl (C=O) groups is 2. The third-order valence-electron chi connectivity index (χ3n) is 3.53. The molecule has 0 bridgehead atoms. The number of hydrogen-bond acceptors (Lipinski definition) is 4. The van der Waals surface area contributed by atoms with Crippen molar-refractivity contribution in [3.05, 3.63) is 58.1 Å². The van der Waals surface area contributed by atoms with Crippen molar-refractivity contribution < 1.29 is 14.3 Å². The Morgan fingerprint density at radius 1 is 1.15 bits per heavy atom. The molecule has 2 rings (SSSR count). The van der Waals surface area contributed by atoms with Crippen LogP contribution in [0, 0.1) is 0 Å². The van der Waals surface area contributed by atoms with Crippen molar-refractivity contribution in [3.63, 3.8) is 0 Å². The lowest BCUT2D eigenvalue weighted by Crippen LogP contribution is -2.27. The van der Waals surface area contributed by atoms with E-state index >= 15 is 0 Å². The monoisotopic (exact) mass is 419 g/mol. The first-order valence-corrected chi connectivity index (χ1v) is 8.83. The smallest absolute Gasteiger partial charge is 0.255 e. The SMILES string of the molecule is COc1cc(Br)ccc1C(=O)NCc1cccc(NC(=O)CN(C)C)c1. The molecule has 0 atom stereocenters. The molecule has 2 N–H and O–H groups in total. The predicted molar refractivity (Wildman–Crippen MR) is 105 cm³/mol. The zero-order valence-corrected chi connectivity index (χ0v) is 16.6. The zero-order valence-electron chi connectivity index (χ0n) is 15.0. The van der Waals surface area contributed by atoms with E-state index in [0.29, 0.717) is 30.1 Å². The minimum atomic E-state index is -0.226. The van der Waals surface area contributed by atoms with Crippen LogP contribution in [0.4, 0.5) is 5.69 Å². The molecule has 0 aliphatic carbocycles. The van der Waals surface area contributed by atoms with Crippen LogP contribution in [0.3, 0.4) is 0 Å². The van der Waals surface area contributed by atoms with E-state index in [1.165, 1.54) is 7.11 Å². The second-order valence-corrected chi connectivity index (χ2v) is 6.93. The van der Waals surface area contributed by atoms with Gasteiger partial charge in [-0.15, -0.1) is 0 Å². The van der Waals surface area contributed by atoms with Crippen LogP contribution >= 0.6 is 15.9 Å². The second kappa shape index (κ2) is 9.35. The molecule has 2 aromatic carbocycles. The van der Waals surface area contributed by atoms with Crippen LogP contribution in [0.15, 0.2) is 46.9 Å². The molecule has 0 saturated heterocycles. The Balaban J connectivity index is 2.00. The summed E-state index contributed by atoms with van der Waals surface area (Å²) in [5.74, 6) is 0.189. The summed E-state index contributed by atoms with van der Waals surface area (Å²) >= 11 is 3.36. The highest BCUT2D eigenvalue weighted by atomic mass is 79.9. The van der Waals surface area contributed by atoms with Gasteiger partial charge in [0.1, 0.15) is 5.75 Å². The van der Waals surface area contributed by atoms with Crippen LogP contribution in [-0.2, 0) is 11.3 Å². The van der Waals surface area contributed by atoms with Crippen molar-refractivity contribution >= 4 is 33.4 Å². The van der Waals surface area contributed by atoms with Crippen molar-refractivity contribution in [2.24, 2.45) is 0 Å². The molecule has 0 saturated carbocycles. The number of nitrogens with one attached hydrogen (secondary N) is 2. The van der Waals surface area contributed by atoms with Gasteiger partial charge in [-0.05, 0) is 50.0 Å². The fourth-order valence-corrected chi connectivity index (χ4v) is 2.72. The zero-order chi connectivity index (χ0) is 19.1. The molecule has 2 amide bonds. The summed E-state index contributed by atoms with van der Waals surface area (Å²) in [6.07, 6.45) is 0. The van der Waals surface area contributed by atoms with Crippen LogP contribution in [-0.4, -0.2) is 44.5 Å². The van der Waals surface area contributed by atoms with Gasteiger partial charge < -0.3 is 20.3 Å². The van der Waals surface area contributed by atoms with Crippen molar-refractivity contribution in [2.45, 2.75) is 6.54 Å². The fourth-order valence-electron chi connectivity index (χ4n) is 2.38. The summed E-state index contributed by atoms with van der Waals surface area (Å²) in [5, 5.41) is 5.71. The second-order valence-electron chi connectivity index (χ2n) is 6.01. The number of carbonyl (C=O) groups excluding carboxylic acids is 2. The van der Waals surface area contributed by atoms with Gasteiger partial charge in [0.25, 0.3) is 5.91 Å². The van der Waals surface area contributed by atoms with Crippen molar-refractivity contribution in [1.29, 1.82) is 0 Å².